The van der Waals surface area contributed by atoms with Crippen LogP contribution in [0.25, 0.3) is 0 Å². The summed E-state index contributed by atoms with van der Waals surface area (Å²) in [6, 6.07) is 17.2. The number of para-hydroxylation sites is 1. The molecule has 0 saturated carbocycles. The van der Waals surface area contributed by atoms with E-state index in [0.717, 1.165) is 11.4 Å². The molecule has 0 fully saturated rings. The van der Waals surface area contributed by atoms with Gasteiger partial charge in [0.25, 0.3) is 5.91 Å². The van der Waals surface area contributed by atoms with Crippen molar-refractivity contribution in [1.82, 2.24) is 9.97 Å². The fraction of sp³-hybridized carbons (Fsp3) is 0.150. The number of rotatable bonds is 4. The van der Waals surface area contributed by atoms with E-state index in [1.54, 1.807) is 18.0 Å². The van der Waals surface area contributed by atoms with E-state index in [9.17, 15) is 4.79 Å². The minimum Gasteiger partial charge on any atom is -0.340 e. The Morgan fingerprint density at radius 2 is 1.72 bits per heavy atom. The Morgan fingerprint density at radius 1 is 0.960 bits per heavy atom. The molecule has 0 bridgehead atoms. The fourth-order valence-electron chi connectivity index (χ4n) is 2.45. The largest absolute Gasteiger partial charge is 0.340 e. The lowest BCUT2D eigenvalue weighted by molar-refractivity contribution is 0.0988. The first-order valence-electron chi connectivity index (χ1n) is 8.04. The van der Waals surface area contributed by atoms with Gasteiger partial charge in [-0.25, -0.2) is 9.97 Å². The number of aromatic nitrogens is 2. The lowest BCUT2D eigenvalue weighted by Crippen LogP contribution is -2.27. The number of nitrogens with zero attached hydrogens (tertiary/aromatic N) is 3. The van der Waals surface area contributed by atoms with Gasteiger partial charge in [0.15, 0.2) is 0 Å². The standard InChI is InChI=1S/C20H20N4O/c1-14-9-10-16(11-15(14)2)23-19-12-18(21-13-22-19)20(25)24(3)17-7-5-4-6-8-17/h4-13H,1-3H3,(H,21,22,23). The molecule has 1 aromatic heterocycles. The predicted molar refractivity (Wildman–Crippen MR) is 100 cm³/mol. The highest BCUT2D eigenvalue weighted by atomic mass is 16.2. The summed E-state index contributed by atoms with van der Waals surface area (Å²) in [7, 11) is 1.73. The monoisotopic (exact) mass is 332 g/mol. The van der Waals surface area contributed by atoms with Crippen molar-refractivity contribution >= 4 is 23.1 Å². The van der Waals surface area contributed by atoms with Gasteiger partial charge in [0.1, 0.15) is 17.8 Å². The van der Waals surface area contributed by atoms with Crippen LogP contribution in [-0.4, -0.2) is 22.9 Å². The molecule has 0 aliphatic rings. The summed E-state index contributed by atoms with van der Waals surface area (Å²) in [5, 5.41) is 3.22. The number of aryl methyl sites for hydroxylation is 2. The zero-order chi connectivity index (χ0) is 17.8. The third kappa shape index (κ3) is 3.83. The van der Waals surface area contributed by atoms with Crippen molar-refractivity contribution in [3.05, 3.63) is 77.7 Å². The molecule has 0 aliphatic carbocycles. The molecule has 5 heteroatoms. The van der Waals surface area contributed by atoms with Crippen LogP contribution in [0.1, 0.15) is 21.6 Å². The molecule has 1 amide bonds. The molecule has 0 spiro atoms. The van der Waals surface area contributed by atoms with Gasteiger partial charge in [-0.05, 0) is 49.2 Å². The van der Waals surface area contributed by atoms with Gasteiger partial charge in [-0.1, -0.05) is 24.3 Å². The maximum absolute atomic E-state index is 12.7. The number of benzene rings is 2. The minimum absolute atomic E-state index is 0.184. The van der Waals surface area contributed by atoms with Gasteiger partial charge in [-0.15, -0.1) is 0 Å². The lowest BCUT2D eigenvalue weighted by Gasteiger charge is -2.17. The highest BCUT2D eigenvalue weighted by molar-refractivity contribution is 6.04. The van der Waals surface area contributed by atoms with Gasteiger partial charge in [-0.3, -0.25) is 4.79 Å². The quantitative estimate of drug-likeness (QED) is 0.781. The second-order valence-corrected chi connectivity index (χ2v) is 5.91. The smallest absolute Gasteiger partial charge is 0.276 e. The summed E-state index contributed by atoms with van der Waals surface area (Å²) >= 11 is 0. The van der Waals surface area contributed by atoms with Crippen LogP contribution in [0.3, 0.4) is 0 Å². The Balaban J connectivity index is 1.81. The number of carbonyl (C=O) groups excluding carboxylic acids is 1. The van der Waals surface area contributed by atoms with Crippen LogP contribution in [-0.2, 0) is 0 Å². The van der Waals surface area contributed by atoms with Crippen LogP contribution in [0.15, 0.2) is 60.9 Å². The van der Waals surface area contributed by atoms with E-state index in [0.29, 0.717) is 11.5 Å². The van der Waals surface area contributed by atoms with Crippen molar-refractivity contribution < 1.29 is 4.79 Å². The van der Waals surface area contributed by atoms with E-state index in [1.165, 1.54) is 17.5 Å². The molecule has 0 radical (unpaired) electrons. The Morgan fingerprint density at radius 3 is 2.44 bits per heavy atom. The average molecular weight is 332 g/mol. The SMILES string of the molecule is Cc1ccc(Nc2cc(C(=O)N(C)c3ccccc3)ncn2)cc1C. The molecule has 0 atom stereocenters. The summed E-state index contributed by atoms with van der Waals surface area (Å²) in [6.07, 6.45) is 1.40. The van der Waals surface area contributed by atoms with Gasteiger partial charge in [0.05, 0.1) is 0 Å². The lowest BCUT2D eigenvalue weighted by atomic mass is 10.1. The van der Waals surface area contributed by atoms with Crippen molar-refractivity contribution in [1.29, 1.82) is 0 Å². The van der Waals surface area contributed by atoms with Crippen LogP contribution in [0.5, 0.6) is 0 Å². The Kier molecular flexibility index (Phi) is 4.75. The summed E-state index contributed by atoms with van der Waals surface area (Å²) in [6.45, 7) is 4.13. The fourth-order valence-corrected chi connectivity index (χ4v) is 2.45. The minimum atomic E-state index is -0.184. The maximum atomic E-state index is 12.7. The van der Waals surface area contributed by atoms with E-state index in [4.69, 9.17) is 0 Å². The summed E-state index contributed by atoms with van der Waals surface area (Å²) in [4.78, 5) is 22.6. The van der Waals surface area contributed by atoms with E-state index in [-0.39, 0.29) is 5.91 Å². The van der Waals surface area contributed by atoms with Gasteiger partial charge in [0.2, 0.25) is 0 Å². The molecule has 0 unspecified atom stereocenters. The van der Waals surface area contributed by atoms with E-state index in [2.05, 4.69) is 35.2 Å². The summed E-state index contributed by atoms with van der Waals surface area (Å²) in [5.74, 6) is 0.403. The van der Waals surface area contributed by atoms with Crippen molar-refractivity contribution in [2.75, 3.05) is 17.3 Å². The molecular weight excluding hydrogens is 312 g/mol. The first-order chi connectivity index (χ1) is 12.0. The molecule has 0 aliphatic heterocycles. The highest BCUT2D eigenvalue weighted by Crippen LogP contribution is 2.19. The van der Waals surface area contributed by atoms with Crippen molar-refractivity contribution in [3.8, 4) is 0 Å². The number of carbonyl (C=O) groups is 1. The van der Waals surface area contributed by atoms with Crippen molar-refractivity contribution in [3.63, 3.8) is 0 Å². The van der Waals surface area contributed by atoms with Crippen LogP contribution < -0.4 is 10.2 Å². The summed E-state index contributed by atoms with van der Waals surface area (Å²) < 4.78 is 0. The molecule has 2 aromatic carbocycles. The highest BCUT2D eigenvalue weighted by Gasteiger charge is 2.15. The molecule has 0 saturated heterocycles. The molecule has 1 heterocycles. The maximum Gasteiger partial charge on any atom is 0.276 e. The van der Waals surface area contributed by atoms with Gasteiger partial charge < -0.3 is 10.2 Å². The molecule has 3 aromatic rings. The Bertz CT molecular complexity index is 893. The van der Waals surface area contributed by atoms with E-state index in [1.807, 2.05) is 42.5 Å². The number of nitrogens with one attached hydrogen (secondary N) is 1. The van der Waals surface area contributed by atoms with Crippen LogP contribution in [0, 0.1) is 13.8 Å². The zero-order valence-corrected chi connectivity index (χ0v) is 14.5. The van der Waals surface area contributed by atoms with Crippen molar-refractivity contribution in [2.24, 2.45) is 0 Å². The van der Waals surface area contributed by atoms with Crippen molar-refractivity contribution in [2.45, 2.75) is 13.8 Å². The van der Waals surface area contributed by atoms with Gasteiger partial charge in [-0.2, -0.15) is 0 Å². The molecule has 5 nitrogen and oxygen atoms in total. The first kappa shape index (κ1) is 16.6. The number of anilines is 3. The number of amides is 1. The van der Waals surface area contributed by atoms with Crippen LogP contribution in [0.2, 0.25) is 0 Å². The molecular formula is C20H20N4O. The zero-order valence-electron chi connectivity index (χ0n) is 14.5. The first-order valence-corrected chi connectivity index (χ1v) is 8.04. The van der Waals surface area contributed by atoms with E-state index < -0.39 is 0 Å². The number of hydrogen-bond acceptors (Lipinski definition) is 4. The third-order valence-corrected chi connectivity index (χ3v) is 4.11. The third-order valence-electron chi connectivity index (χ3n) is 4.11. The summed E-state index contributed by atoms with van der Waals surface area (Å²) in [5.41, 5.74) is 4.51. The van der Waals surface area contributed by atoms with Crippen LogP contribution in [0.4, 0.5) is 17.2 Å². The van der Waals surface area contributed by atoms with Gasteiger partial charge in [0, 0.05) is 24.5 Å². The Hall–Kier alpha value is -3.21. The Labute approximate surface area is 147 Å². The normalized spacial score (nSPS) is 10.4. The van der Waals surface area contributed by atoms with E-state index >= 15 is 0 Å². The van der Waals surface area contributed by atoms with Crippen LogP contribution >= 0.6 is 0 Å². The molecule has 3 rings (SSSR count). The second-order valence-electron chi connectivity index (χ2n) is 5.91. The second kappa shape index (κ2) is 7.13. The number of hydrogen-bond donors (Lipinski definition) is 1. The predicted octanol–water partition coefficient (Wildman–Crippen LogP) is 4.11. The molecule has 25 heavy (non-hydrogen) atoms. The molecule has 126 valence electrons. The molecule has 1 N–H and O–H groups in total. The topological polar surface area (TPSA) is 58.1 Å². The average Bonchev–Trinajstić information content (AvgIpc) is 2.64. The van der Waals surface area contributed by atoms with Gasteiger partial charge >= 0.3 is 0 Å².